The van der Waals surface area contributed by atoms with Crippen LogP contribution in [0.25, 0.3) is 11.1 Å². The van der Waals surface area contributed by atoms with E-state index in [1.54, 1.807) is 12.1 Å². The molecule has 3 aromatic carbocycles. The Morgan fingerprint density at radius 1 is 0.714 bits per heavy atom. The molecule has 0 aliphatic heterocycles. The second kappa shape index (κ2) is 4.85. The van der Waals surface area contributed by atoms with Crippen molar-refractivity contribution in [2.75, 3.05) is 0 Å². The average Bonchev–Trinajstić information content (AvgIpc) is 2.82. The van der Waals surface area contributed by atoms with Crippen molar-refractivity contribution in [3.05, 3.63) is 95.3 Å². The van der Waals surface area contributed by atoms with Gasteiger partial charge in [-0.2, -0.15) is 0 Å². The van der Waals surface area contributed by atoms with Crippen molar-refractivity contribution in [3.8, 4) is 11.1 Å². The van der Waals surface area contributed by atoms with E-state index in [2.05, 4.69) is 48.5 Å². The molecule has 1 heteroatoms. The first-order chi connectivity index (χ1) is 10.3. The number of hydrogen-bond acceptors (Lipinski definition) is 0. The zero-order valence-corrected chi connectivity index (χ0v) is 11.6. The van der Waals surface area contributed by atoms with Crippen LogP contribution in [0.15, 0.2) is 72.8 Å². The maximum Gasteiger partial charge on any atom is 0.123 e. The minimum Gasteiger partial charge on any atom is -0.207 e. The summed E-state index contributed by atoms with van der Waals surface area (Å²) in [6.45, 7) is 0. The van der Waals surface area contributed by atoms with Crippen LogP contribution in [0, 0.1) is 5.82 Å². The lowest BCUT2D eigenvalue weighted by Crippen LogP contribution is -2.01. The van der Waals surface area contributed by atoms with E-state index in [0.29, 0.717) is 0 Å². The highest BCUT2D eigenvalue weighted by Crippen LogP contribution is 2.46. The summed E-state index contributed by atoms with van der Waals surface area (Å²) in [4.78, 5) is 0. The fraction of sp³-hybridized carbons (Fsp3) is 0.100. The first kappa shape index (κ1) is 12.3. The molecule has 0 saturated heterocycles. The van der Waals surface area contributed by atoms with Crippen LogP contribution in [0.5, 0.6) is 0 Å². The Labute approximate surface area is 123 Å². The number of hydrogen-bond donors (Lipinski definition) is 0. The number of benzene rings is 3. The summed E-state index contributed by atoms with van der Waals surface area (Å²) in [6.07, 6.45) is 0.911. The summed E-state index contributed by atoms with van der Waals surface area (Å²) in [5.41, 5.74) is 6.12. The molecule has 0 spiro atoms. The van der Waals surface area contributed by atoms with E-state index in [1.165, 1.54) is 22.3 Å². The predicted octanol–water partition coefficient (Wildman–Crippen LogP) is 5.18. The van der Waals surface area contributed by atoms with Crippen molar-refractivity contribution in [2.45, 2.75) is 12.3 Å². The Hall–Kier alpha value is -2.41. The van der Waals surface area contributed by atoms with Gasteiger partial charge in [0.05, 0.1) is 0 Å². The van der Waals surface area contributed by atoms with Crippen LogP contribution >= 0.6 is 0 Å². The third-order valence-electron chi connectivity index (χ3n) is 4.30. The van der Waals surface area contributed by atoms with Gasteiger partial charge in [0.1, 0.15) is 5.82 Å². The van der Waals surface area contributed by atoms with E-state index in [1.807, 2.05) is 12.1 Å². The van der Waals surface area contributed by atoms with Gasteiger partial charge < -0.3 is 0 Å². The lowest BCUT2D eigenvalue weighted by Gasteiger charge is -2.13. The zero-order valence-electron chi connectivity index (χ0n) is 11.6. The van der Waals surface area contributed by atoms with Gasteiger partial charge in [0, 0.05) is 5.92 Å². The molecule has 3 aromatic rings. The molecule has 102 valence electrons. The van der Waals surface area contributed by atoms with Crippen LogP contribution in [0.4, 0.5) is 4.39 Å². The molecule has 0 fully saturated rings. The summed E-state index contributed by atoms with van der Waals surface area (Å²) in [6, 6.07) is 24.0. The zero-order chi connectivity index (χ0) is 14.2. The first-order valence-electron chi connectivity index (χ1n) is 7.25. The molecule has 0 N–H and O–H groups in total. The molecule has 21 heavy (non-hydrogen) atoms. The molecule has 0 radical (unpaired) electrons. The average molecular weight is 274 g/mol. The summed E-state index contributed by atoms with van der Waals surface area (Å²) < 4.78 is 13.7. The second-order valence-electron chi connectivity index (χ2n) is 5.56. The van der Waals surface area contributed by atoms with E-state index in [4.69, 9.17) is 0 Å². The predicted molar refractivity (Wildman–Crippen MR) is 83.8 cm³/mol. The van der Waals surface area contributed by atoms with Crippen LogP contribution in [0.3, 0.4) is 0 Å². The third kappa shape index (κ3) is 2.06. The molecule has 1 unspecified atom stereocenters. The standard InChI is InChI=1S/C20H15F/c21-15-10-11-18-16-8-4-5-9-17(16)19(20(18)13-15)12-14-6-2-1-3-7-14/h1-11,13,19H,12H2. The molecule has 0 aromatic heterocycles. The van der Waals surface area contributed by atoms with Crippen molar-refractivity contribution in [3.63, 3.8) is 0 Å². The van der Waals surface area contributed by atoms with E-state index < -0.39 is 0 Å². The Kier molecular flexibility index (Phi) is 2.85. The van der Waals surface area contributed by atoms with Gasteiger partial charge >= 0.3 is 0 Å². The minimum absolute atomic E-state index is 0.153. The SMILES string of the molecule is Fc1ccc2c(c1)C(Cc1ccccc1)c1ccccc1-2. The van der Waals surface area contributed by atoms with Gasteiger partial charge in [-0.15, -0.1) is 0 Å². The van der Waals surface area contributed by atoms with Crippen LogP contribution in [0.2, 0.25) is 0 Å². The van der Waals surface area contributed by atoms with Gasteiger partial charge in [0.25, 0.3) is 0 Å². The van der Waals surface area contributed by atoms with Crippen molar-refractivity contribution >= 4 is 0 Å². The molecule has 1 aliphatic rings. The quantitative estimate of drug-likeness (QED) is 0.604. The maximum atomic E-state index is 13.7. The molecule has 1 atom stereocenters. The normalized spacial score (nSPS) is 15.6. The van der Waals surface area contributed by atoms with E-state index in [-0.39, 0.29) is 11.7 Å². The smallest absolute Gasteiger partial charge is 0.123 e. The van der Waals surface area contributed by atoms with Gasteiger partial charge in [-0.25, -0.2) is 4.39 Å². The van der Waals surface area contributed by atoms with Gasteiger partial charge in [-0.3, -0.25) is 0 Å². The van der Waals surface area contributed by atoms with Crippen LogP contribution in [-0.2, 0) is 6.42 Å². The van der Waals surface area contributed by atoms with Gasteiger partial charge in [0.2, 0.25) is 0 Å². The highest BCUT2D eigenvalue weighted by molar-refractivity contribution is 5.78. The summed E-state index contributed by atoms with van der Waals surface area (Å²) in [5, 5.41) is 0. The molecule has 4 rings (SSSR count). The lowest BCUT2D eigenvalue weighted by atomic mass is 9.90. The monoisotopic (exact) mass is 274 g/mol. The Bertz CT molecular complexity index is 790. The fourth-order valence-corrected chi connectivity index (χ4v) is 3.35. The van der Waals surface area contributed by atoms with Crippen molar-refractivity contribution in [1.29, 1.82) is 0 Å². The van der Waals surface area contributed by atoms with E-state index in [0.717, 1.165) is 12.0 Å². The number of rotatable bonds is 2. The van der Waals surface area contributed by atoms with Gasteiger partial charge in [-0.1, -0.05) is 60.7 Å². The van der Waals surface area contributed by atoms with Crippen LogP contribution in [0.1, 0.15) is 22.6 Å². The molecule has 0 bridgehead atoms. The van der Waals surface area contributed by atoms with Crippen LogP contribution < -0.4 is 0 Å². The fourth-order valence-electron chi connectivity index (χ4n) is 3.35. The van der Waals surface area contributed by atoms with Gasteiger partial charge in [-0.05, 0) is 46.4 Å². The maximum absolute atomic E-state index is 13.7. The summed E-state index contributed by atoms with van der Waals surface area (Å²) in [7, 11) is 0. The summed E-state index contributed by atoms with van der Waals surface area (Å²) >= 11 is 0. The third-order valence-corrected chi connectivity index (χ3v) is 4.30. The van der Waals surface area contributed by atoms with Crippen molar-refractivity contribution < 1.29 is 4.39 Å². The highest BCUT2D eigenvalue weighted by Gasteiger charge is 2.28. The van der Waals surface area contributed by atoms with Crippen molar-refractivity contribution in [1.82, 2.24) is 0 Å². The molecule has 0 heterocycles. The molecule has 1 aliphatic carbocycles. The van der Waals surface area contributed by atoms with Gasteiger partial charge in [0.15, 0.2) is 0 Å². The first-order valence-corrected chi connectivity index (χ1v) is 7.25. The highest BCUT2D eigenvalue weighted by atomic mass is 19.1. The Morgan fingerprint density at radius 3 is 2.29 bits per heavy atom. The Morgan fingerprint density at radius 2 is 1.43 bits per heavy atom. The molecule has 0 nitrogen and oxygen atoms in total. The van der Waals surface area contributed by atoms with E-state index >= 15 is 0 Å². The lowest BCUT2D eigenvalue weighted by molar-refractivity contribution is 0.624. The second-order valence-corrected chi connectivity index (χ2v) is 5.56. The van der Waals surface area contributed by atoms with E-state index in [9.17, 15) is 4.39 Å². The Balaban J connectivity index is 1.85. The molecular weight excluding hydrogens is 259 g/mol. The number of halogens is 1. The number of fused-ring (bicyclic) bond motifs is 3. The summed E-state index contributed by atoms with van der Waals surface area (Å²) in [5.74, 6) is 0.0916. The molecule has 0 saturated carbocycles. The molecule has 0 amide bonds. The largest absolute Gasteiger partial charge is 0.207 e. The van der Waals surface area contributed by atoms with Crippen molar-refractivity contribution in [2.24, 2.45) is 0 Å². The van der Waals surface area contributed by atoms with Crippen LogP contribution in [-0.4, -0.2) is 0 Å². The molecular formula is C20H15F. The topological polar surface area (TPSA) is 0 Å². The minimum atomic E-state index is -0.153.